The molecule has 1 amide bonds. The minimum Gasteiger partial charge on any atom is -0.492 e. The molecule has 0 radical (unpaired) electrons. The quantitative estimate of drug-likeness (QED) is 0.494. The number of nitrogens with zero attached hydrogens (tertiary/aromatic N) is 2. The second kappa shape index (κ2) is 11.3. The minimum atomic E-state index is 0.00361. The van der Waals surface area contributed by atoms with Gasteiger partial charge in [0.1, 0.15) is 12.4 Å². The van der Waals surface area contributed by atoms with Crippen molar-refractivity contribution in [3.8, 4) is 5.75 Å². The summed E-state index contributed by atoms with van der Waals surface area (Å²) in [4.78, 5) is 16.8. The number of rotatable bonds is 9. The molecule has 3 aromatic carbocycles. The molecule has 1 N–H and O–H groups in total. The number of benzene rings is 3. The van der Waals surface area contributed by atoms with Gasteiger partial charge in [0.15, 0.2) is 0 Å². The van der Waals surface area contributed by atoms with Crippen LogP contribution in [0.25, 0.3) is 10.8 Å². The first-order valence-electron chi connectivity index (χ1n) is 11.9. The van der Waals surface area contributed by atoms with Crippen LogP contribution in [0.5, 0.6) is 5.75 Å². The van der Waals surface area contributed by atoms with Crippen LogP contribution >= 0.6 is 0 Å². The highest BCUT2D eigenvalue weighted by atomic mass is 16.5. The van der Waals surface area contributed by atoms with Crippen LogP contribution in [0.4, 0.5) is 0 Å². The molecule has 0 spiro atoms. The number of hydrogen-bond acceptors (Lipinski definition) is 4. The van der Waals surface area contributed by atoms with Crippen LogP contribution in [0, 0.1) is 0 Å². The van der Waals surface area contributed by atoms with E-state index in [2.05, 4.69) is 76.8 Å². The number of carbonyl (C=O) groups is 1. The lowest BCUT2D eigenvalue weighted by Crippen LogP contribution is -2.48. The van der Waals surface area contributed by atoms with E-state index in [0.29, 0.717) is 13.2 Å². The van der Waals surface area contributed by atoms with Gasteiger partial charge in [-0.3, -0.25) is 14.6 Å². The largest absolute Gasteiger partial charge is 0.492 e. The van der Waals surface area contributed by atoms with Crippen molar-refractivity contribution in [3.63, 3.8) is 0 Å². The normalized spacial score (nSPS) is 16.8. The maximum absolute atomic E-state index is 12.4. The molecule has 1 aliphatic rings. The molecular weight excluding hydrogens is 410 g/mol. The summed E-state index contributed by atoms with van der Waals surface area (Å²) in [7, 11) is 4.18. The highest BCUT2D eigenvalue weighted by molar-refractivity contribution is 5.85. The molecule has 4 rings (SSSR count). The molecule has 0 aliphatic carbocycles. The van der Waals surface area contributed by atoms with Gasteiger partial charge in [-0.2, -0.15) is 0 Å². The van der Waals surface area contributed by atoms with Gasteiger partial charge in [-0.1, -0.05) is 61.0 Å². The highest BCUT2D eigenvalue weighted by Crippen LogP contribution is 2.21. The molecule has 174 valence electrons. The van der Waals surface area contributed by atoms with Crippen LogP contribution in [0.2, 0.25) is 0 Å². The van der Waals surface area contributed by atoms with E-state index in [0.717, 1.165) is 38.2 Å². The van der Waals surface area contributed by atoms with Gasteiger partial charge in [-0.05, 0) is 67.5 Å². The average Bonchev–Trinajstić information content (AvgIpc) is 2.83. The first kappa shape index (κ1) is 23.3. The lowest BCUT2D eigenvalue weighted by molar-refractivity contribution is -0.127. The summed E-state index contributed by atoms with van der Waals surface area (Å²) in [6.45, 7) is 3.77. The Bertz CT molecular complexity index is 1050. The van der Waals surface area contributed by atoms with Gasteiger partial charge in [0.05, 0.1) is 12.6 Å². The molecule has 1 heterocycles. The van der Waals surface area contributed by atoms with Crippen LogP contribution < -0.4 is 10.1 Å². The number of amides is 1. The summed E-state index contributed by atoms with van der Waals surface area (Å²) in [6.07, 6.45) is 3.25. The number of likely N-dealkylation sites (tertiary alicyclic amines) is 1. The predicted octanol–water partition coefficient (Wildman–Crippen LogP) is 4.45. The summed E-state index contributed by atoms with van der Waals surface area (Å²) >= 11 is 0. The molecule has 0 bridgehead atoms. The smallest absolute Gasteiger partial charge is 0.237 e. The van der Waals surface area contributed by atoms with Gasteiger partial charge in [0.25, 0.3) is 0 Å². The third-order valence-electron chi connectivity index (χ3n) is 6.44. The zero-order chi connectivity index (χ0) is 23.0. The number of carbonyl (C=O) groups excluding carboxylic acids is 1. The van der Waals surface area contributed by atoms with E-state index in [-0.39, 0.29) is 11.9 Å². The molecule has 1 aliphatic heterocycles. The van der Waals surface area contributed by atoms with Gasteiger partial charge in [-0.25, -0.2) is 0 Å². The maximum atomic E-state index is 12.4. The zero-order valence-corrected chi connectivity index (χ0v) is 19.8. The SMILES string of the molecule is CN(Cc1ccc(OCCNC(=O)[C@H]2CCCCN2C)cc1)Cc1cccc2ccccc12. The zero-order valence-electron chi connectivity index (χ0n) is 19.8. The average molecular weight is 446 g/mol. The number of nitrogens with one attached hydrogen (secondary N) is 1. The fourth-order valence-corrected chi connectivity index (χ4v) is 4.65. The minimum absolute atomic E-state index is 0.00361. The third kappa shape index (κ3) is 6.34. The van der Waals surface area contributed by atoms with E-state index >= 15 is 0 Å². The topological polar surface area (TPSA) is 44.8 Å². The van der Waals surface area contributed by atoms with Crippen LogP contribution in [0.3, 0.4) is 0 Å². The fraction of sp³-hybridized carbons (Fsp3) is 0.393. The molecule has 1 fully saturated rings. The number of ether oxygens (including phenoxy) is 1. The van der Waals surface area contributed by atoms with Gasteiger partial charge < -0.3 is 10.1 Å². The number of piperidine rings is 1. The van der Waals surface area contributed by atoms with Gasteiger partial charge in [-0.15, -0.1) is 0 Å². The van der Waals surface area contributed by atoms with Gasteiger partial charge >= 0.3 is 0 Å². The van der Waals surface area contributed by atoms with Crippen molar-refractivity contribution in [3.05, 3.63) is 77.9 Å². The highest BCUT2D eigenvalue weighted by Gasteiger charge is 2.25. The number of likely N-dealkylation sites (N-methyl/N-ethyl adjacent to an activating group) is 1. The van der Waals surface area contributed by atoms with E-state index in [1.807, 2.05) is 19.2 Å². The molecule has 1 atom stereocenters. The summed E-state index contributed by atoms with van der Waals surface area (Å²) in [5, 5.41) is 5.62. The Kier molecular flexibility index (Phi) is 7.97. The van der Waals surface area contributed by atoms with Crippen molar-refractivity contribution in [1.29, 1.82) is 0 Å². The first-order chi connectivity index (χ1) is 16.1. The summed E-state index contributed by atoms with van der Waals surface area (Å²) in [6, 6.07) is 23.3. The van der Waals surface area contributed by atoms with E-state index in [1.54, 1.807) is 0 Å². The second-order valence-corrected chi connectivity index (χ2v) is 9.09. The molecule has 33 heavy (non-hydrogen) atoms. The fourth-order valence-electron chi connectivity index (χ4n) is 4.65. The van der Waals surface area contributed by atoms with Crippen molar-refractivity contribution in [2.75, 3.05) is 33.8 Å². The summed E-state index contributed by atoms with van der Waals surface area (Å²) in [5.41, 5.74) is 2.59. The Morgan fingerprint density at radius 1 is 1.03 bits per heavy atom. The van der Waals surface area contributed by atoms with Gasteiger partial charge in [0, 0.05) is 13.1 Å². The number of fused-ring (bicyclic) bond motifs is 1. The predicted molar refractivity (Wildman–Crippen MR) is 134 cm³/mol. The molecule has 5 nitrogen and oxygen atoms in total. The monoisotopic (exact) mass is 445 g/mol. The van der Waals surface area contributed by atoms with E-state index in [9.17, 15) is 4.79 Å². The Labute approximate surface area is 197 Å². The van der Waals surface area contributed by atoms with Crippen molar-refractivity contribution >= 4 is 16.7 Å². The Morgan fingerprint density at radius 2 is 1.82 bits per heavy atom. The van der Waals surface area contributed by atoms with E-state index in [4.69, 9.17) is 4.74 Å². The third-order valence-corrected chi connectivity index (χ3v) is 6.44. The molecular formula is C28H35N3O2. The lowest BCUT2D eigenvalue weighted by atomic mass is 10.0. The summed E-state index contributed by atoms with van der Waals surface area (Å²) in [5.74, 6) is 0.949. The van der Waals surface area contributed by atoms with Gasteiger partial charge in [0.2, 0.25) is 5.91 Å². The van der Waals surface area contributed by atoms with Crippen molar-refractivity contribution in [1.82, 2.24) is 15.1 Å². The van der Waals surface area contributed by atoms with E-state index < -0.39 is 0 Å². The maximum Gasteiger partial charge on any atom is 0.237 e. The Balaban J connectivity index is 1.21. The summed E-state index contributed by atoms with van der Waals surface area (Å²) < 4.78 is 5.83. The van der Waals surface area contributed by atoms with Crippen molar-refractivity contribution < 1.29 is 9.53 Å². The molecule has 1 saturated heterocycles. The Morgan fingerprint density at radius 3 is 2.64 bits per heavy atom. The van der Waals surface area contributed by atoms with Crippen LogP contribution in [-0.4, -0.2) is 55.5 Å². The van der Waals surface area contributed by atoms with Crippen LogP contribution in [-0.2, 0) is 17.9 Å². The lowest BCUT2D eigenvalue weighted by Gasteiger charge is -2.31. The van der Waals surface area contributed by atoms with Crippen molar-refractivity contribution in [2.45, 2.75) is 38.4 Å². The molecule has 0 saturated carbocycles. The van der Waals surface area contributed by atoms with Crippen LogP contribution in [0.1, 0.15) is 30.4 Å². The molecule has 3 aromatic rings. The molecule has 0 aromatic heterocycles. The van der Waals surface area contributed by atoms with Crippen molar-refractivity contribution in [2.24, 2.45) is 0 Å². The Hall–Kier alpha value is -2.89. The molecule has 5 heteroatoms. The first-order valence-corrected chi connectivity index (χ1v) is 11.9. The number of hydrogen-bond donors (Lipinski definition) is 1. The van der Waals surface area contributed by atoms with E-state index in [1.165, 1.54) is 28.3 Å². The second-order valence-electron chi connectivity index (χ2n) is 9.09. The van der Waals surface area contributed by atoms with Crippen LogP contribution in [0.15, 0.2) is 66.7 Å². The molecule has 0 unspecified atom stereocenters. The standard InChI is InChI=1S/C28H35N3O2/c1-30(21-24-10-7-9-23-8-3-4-11-26(23)24)20-22-13-15-25(16-14-22)33-19-17-29-28(32)27-12-5-6-18-31(27)2/h3-4,7-11,13-16,27H,5-6,12,17-21H2,1-2H3,(H,29,32)/t27-/m1/s1.